The van der Waals surface area contributed by atoms with E-state index < -0.39 is 29.8 Å². The van der Waals surface area contributed by atoms with Crippen molar-refractivity contribution >= 4 is 23.6 Å². The van der Waals surface area contributed by atoms with Crippen LogP contribution in [0.5, 0.6) is 5.75 Å². The molecule has 1 aliphatic rings. The number of hydrogen-bond donors (Lipinski definition) is 4. The molecule has 0 aromatic heterocycles. The van der Waals surface area contributed by atoms with Gasteiger partial charge in [0, 0.05) is 13.1 Å². The first kappa shape index (κ1) is 27.1. The van der Waals surface area contributed by atoms with Crippen molar-refractivity contribution in [2.24, 2.45) is 5.92 Å². The third-order valence-electron chi connectivity index (χ3n) is 5.37. The summed E-state index contributed by atoms with van der Waals surface area (Å²) < 4.78 is 5.76. The highest BCUT2D eigenvalue weighted by molar-refractivity contribution is 6.01. The molecule has 34 heavy (non-hydrogen) atoms. The molecule has 188 valence electrons. The third kappa shape index (κ3) is 8.66. The van der Waals surface area contributed by atoms with Crippen LogP contribution < -0.4 is 26.0 Å². The highest BCUT2D eigenvalue weighted by atomic mass is 16.5. The molecule has 1 aliphatic heterocycles. The lowest BCUT2D eigenvalue weighted by Crippen LogP contribution is -2.53. The molecular weight excluding hydrogens is 438 g/mol. The lowest BCUT2D eigenvalue weighted by Gasteiger charge is -2.23. The van der Waals surface area contributed by atoms with Crippen LogP contribution in [-0.2, 0) is 14.4 Å². The fourth-order valence-electron chi connectivity index (χ4n) is 3.48. The maximum atomic E-state index is 13.0. The van der Waals surface area contributed by atoms with Crippen LogP contribution in [0.25, 0.3) is 0 Å². The van der Waals surface area contributed by atoms with Gasteiger partial charge in [-0.3, -0.25) is 19.2 Å². The first-order valence-electron chi connectivity index (χ1n) is 11.7. The van der Waals surface area contributed by atoms with Gasteiger partial charge in [-0.2, -0.15) is 0 Å². The molecule has 1 heterocycles. The van der Waals surface area contributed by atoms with Crippen LogP contribution in [0, 0.1) is 5.92 Å². The number of nitrogens with one attached hydrogen (secondary N) is 4. The Labute approximate surface area is 201 Å². The Bertz CT molecular complexity index is 858. The Morgan fingerprint density at radius 2 is 1.91 bits per heavy atom. The maximum absolute atomic E-state index is 13.0. The van der Waals surface area contributed by atoms with Crippen molar-refractivity contribution in [3.63, 3.8) is 0 Å². The molecule has 1 aromatic rings. The van der Waals surface area contributed by atoms with Gasteiger partial charge in [-0.15, -0.1) is 0 Å². The summed E-state index contributed by atoms with van der Waals surface area (Å²) in [7, 11) is 3.88. The summed E-state index contributed by atoms with van der Waals surface area (Å²) in [6.45, 7) is 5.50. The van der Waals surface area contributed by atoms with Crippen LogP contribution in [0.4, 0.5) is 0 Å². The average Bonchev–Trinajstić information content (AvgIpc) is 2.79. The zero-order chi connectivity index (χ0) is 25.1. The van der Waals surface area contributed by atoms with Crippen molar-refractivity contribution in [2.75, 3.05) is 40.3 Å². The zero-order valence-electron chi connectivity index (χ0n) is 20.5. The van der Waals surface area contributed by atoms with Crippen LogP contribution in [-0.4, -0.2) is 80.9 Å². The molecule has 0 fully saturated rings. The maximum Gasteiger partial charge on any atom is 0.255 e. The van der Waals surface area contributed by atoms with E-state index in [0.29, 0.717) is 31.9 Å². The molecule has 0 spiro atoms. The first-order chi connectivity index (χ1) is 16.2. The molecule has 0 saturated heterocycles. The first-order valence-corrected chi connectivity index (χ1v) is 11.7. The Morgan fingerprint density at radius 3 is 2.62 bits per heavy atom. The Kier molecular flexibility index (Phi) is 10.8. The number of fused-ring (bicyclic) bond motifs is 1. The van der Waals surface area contributed by atoms with Crippen LogP contribution in [0.2, 0.25) is 0 Å². The molecule has 4 amide bonds. The smallest absolute Gasteiger partial charge is 0.255 e. The van der Waals surface area contributed by atoms with E-state index in [2.05, 4.69) is 21.3 Å². The number of para-hydroxylation sites is 1. The van der Waals surface area contributed by atoms with E-state index in [0.717, 1.165) is 13.0 Å². The third-order valence-corrected chi connectivity index (χ3v) is 5.37. The van der Waals surface area contributed by atoms with E-state index in [9.17, 15) is 19.2 Å². The number of amides is 4. The molecule has 0 radical (unpaired) electrons. The summed E-state index contributed by atoms with van der Waals surface area (Å²) in [5.41, 5.74) is 0.271. The second-order valence-electron chi connectivity index (χ2n) is 8.96. The van der Waals surface area contributed by atoms with Crippen molar-refractivity contribution in [3.05, 3.63) is 29.8 Å². The van der Waals surface area contributed by atoms with Gasteiger partial charge in [0.15, 0.2) is 0 Å². The second-order valence-corrected chi connectivity index (χ2v) is 8.96. The number of nitrogens with zero attached hydrogens (tertiary/aromatic N) is 1. The second kappa shape index (κ2) is 13.5. The van der Waals surface area contributed by atoms with Gasteiger partial charge >= 0.3 is 0 Å². The van der Waals surface area contributed by atoms with Gasteiger partial charge in [-0.05, 0) is 51.5 Å². The van der Waals surface area contributed by atoms with Gasteiger partial charge in [0.05, 0.1) is 18.6 Å². The highest BCUT2D eigenvalue weighted by Crippen LogP contribution is 2.18. The predicted octanol–water partition coefficient (Wildman–Crippen LogP) is 0.283. The summed E-state index contributed by atoms with van der Waals surface area (Å²) in [4.78, 5) is 53.4. The van der Waals surface area contributed by atoms with Gasteiger partial charge < -0.3 is 30.9 Å². The molecule has 0 aliphatic carbocycles. The van der Waals surface area contributed by atoms with Gasteiger partial charge in [-0.1, -0.05) is 26.0 Å². The Balaban J connectivity index is 2.25. The number of carbonyl (C=O) groups excluding carboxylic acids is 4. The van der Waals surface area contributed by atoms with Crippen LogP contribution >= 0.6 is 0 Å². The van der Waals surface area contributed by atoms with Crippen molar-refractivity contribution < 1.29 is 23.9 Å². The topological polar surface area (TPSA) is 129 Å². The normalized spacial score (nSPS) is 20.2. The fourth-order valence-corrected chi connectivity index (χ4v) is 3.48. The van der Waals surface area contributed by atoms with E-state index >= 15 is 0 Å². The lowest BCUT2D eigenvalue weighted by atomic mass is 10.0. The number of ether oxygens (including phenoxy) is 1. The summed E-state index contributed by atoms with van der Waals surface area (Å²) in [6, 6.07) is 4.86. The standard InChI is InChI=1S/C24H37N5O5/c1-16(2)21-24(33)26-12-8-14-34-19-10-6-5-9-17(19)22(31)27-18(15-20(30)28-21)23(32)25-11-7-13-29(3)4/h5-6,9-10,16,18,21H,7-8,11-15H2,1-4H3,(H,25,32)(H,26,33)(H,27,31)(H,28,30)/t18-,21+/m0/s1. The molecule has 0 bridgehead atoms. The van der Waals surface area contributed by atoms with Crippen molar-refractivity contribution in [1.82, 2.24) is 26.2 Å². The Hall–Kier alpha value is -3.14. The van der Waals surface area contributed by atoms with E-state index in [4.69, 9.17) is 4.74 Å². The monoisotopic (exact) mass is 475 g/mol. The molecule has 1 aromatic carbocycles. The molecular formula is C24H37N5O5. The van der Waals surface area contributed by atoms with Gasteiger partial charge in [0.2, 0.25) is 17.7 Å². The summed E-state index contributed by atoms with van der Waals surface area (Å²) >= 11 is 0. The van der Waals surface area contributed by atoms with E-state index in [1.165, 1.54) is 0 Å². The summed E-state index contributed by atoms with van der Waals surface area (Å²) in [5, 5.41) is 11.0. The molecule has 2 rings (SSSR count). The van der Waals surface area contributed by atoms with Crippen LogP contribution in [0.15, 0.2) is 24.3 Å². The lowest BCUT2D eigenvalue weighted by molar-refractivity contribution is -0.131. The van der Waals surface area contributed by atoms with E-state index in [1.807, 2.05) is 32.8 Å². The molecule has 10 nitrogen and oxygen atoms in total. The van der Waals surface area contributed by atoms with Crippen molar-refractivity contribution in [2.45, 2.75) is 45.2 Å². The number of rotatable bonds is 6. The number of benzene rings is 1. The molecule has 4 N–H and O–H groups in total. The Morgan fingerprint density at radius 1 is 1.18 bits per heavy atom. The SMILES string of the molecule is CC(C)[C@H]1NC(=O)C[C@@H](C(=O)NCCCN(C)C)NC(=O)c2ccccc2OCCCNC1=O. The van der Waals surface area contributed by atoms with Gasteiger partial charge in [0.1, 0.15) is 17.8 Å². The molecule has 0 saturated carbocycles. The van der Waals surface area contributed by atoms with Crippen molar-refractivity contribution in [3.8, 4) is 5.75 Å². The van der Waals surface area contributed by atoms with Crippen LogP contribution in [0.3, 0.4) is 0 Å². The predicted molar refractivity (Wildman–Crippen MR) is 128 cm³/mol. The van der Waals surface area contributed by atoms with Crippen LogP contribution in [0.1, 0.15) is 43.5 Å². The minimum absolute atomic E-state index is 0.159. The summed E-state index contributed by atoms with van der Waals surface area (Å²) in [6.07, 6.45) is 0.946. The fraction of sp³-hybridized carbons (Fsp3) is 0.583. The van der Waals surface area contributed by atoms with E-state index in [1.54, 1.807) is 24.3 Å². The van der Waals surface area contributed by atoms with Gasteiger partial charge in [-0.25, -0.2) is 0 Å². The quantitative estimate of drug-likeness (QED) is 0.438. The summed E-state index contributed by atoms with van der Waals surface area (Å²) in [5.74, 6) is -1.56. The average molecular weight is 476 g/mol. The van der Waals surface area contributed by atoms with Crippen molar-refractivity contribution in [1.29, 1.82) is 0 Å². The van der Waals surface area contributed by atoms with Gasteiger partial charge in [0.25, 0.3) is 5.91 Å². The zero-order valence-corrected chi connectivity index (χ0v) is 20.5. The molecule has 2 atom stereocenters. The number of hydrogen-bond acceptors (Lipinski definition) is 6. The molecule has 10 heteroatoms. The largest absolute Gasteiger partial charge is 0.493 e. The molecule has 0 unspecified atom stereocenters. The van der Waals surface area contributed by atoms with E-state index in [-0.39, 0.29) is 23.8 Å². The highest BCUT2D eigenvalue weighted by Gasteiger charge is 2.29. The number of carbonyl (C=O) groups is 4. The minimum atomic E-state index is -1.11. The minimum Gasteiger partial charge on any atom is -0.493 e.